The maximum atomic E-state index is 14.5. The molecule has 2 saturated heterocycles. The molecular weight excluding hydrogens is 901 g/mol. The van der Waals surface area contributed by atoms with Crippen LogP contribution in [0.3, 0.4) is 0 Å². The van der Waals surface area contributed by atoms with E-state index in [1.54, 1.807) is 58.0 Å². The van der Waals surface area contributed by atoms with Crippen molar-refractivity contribution in [1.82, 2.24) is 41.7 Å². The molecule has 0 saturated carbocycles. The Bertz CT molecular complexity index is 1990. The first-order valence-electron chi connectivity index (χ1n) is 23.5. The number of carboxylic acids is 1. The lowest BCUT2D eigenvalue weighted by Gasteiger charge is -2.33. The fourth-order valence-corrected chi connectivity index (χ4v) is 8.19. The largest absolute Gasteiger partial charge is 0.480 e. The summed E-state index contributed by atoms with van der Waals surface area (Å²) in [5.74, 6) is -9.35. The first-order valence-corrected chi connectivity index (χ1v) is 23.5. The Kier molecular flexibility index (Phi) is 22.4. The van der Waals surface area contributed by atoms with Crippen LogP contribution in [-0.4, -0.2) is 165 Å². The standard InChI is InChI=1S/C46H72N10O13/c1-24(2)20-30(50-38(60)28(47)22-57)40(62)51-31(21-27-12-8-7-9-13-27)44(66)55-18-10-15-34(55)43(65)53-36(25(3)4)45(67)56-19-11-14-33(56)42(64)49-29(16-17-35(48)59)39(61)52-32(23-58)41(63)54-37(26(5)6)46(68)69/h7-9,12-13,24-26,28-34,36-37,57-58H,10-11,14-23,47H2,1-6H3,(H2,48,59)(H,49,64)(H,50,60)(H,51,62)(H,52,61)(H,53,65)(H,54,63)(H,68,69)/t28-,29-,30-,31-,32-,33-,34-,36-,37-/m0/s1. The van der Waals surface area contributed by atoms with Crippen LogP contribution in [-0.2, 0) is 54.4 Å². The number of rotatable bonds is 26. The Hall–Kier alpha value is -6.20. The lowest BCUT2D eigenvalue weighted by atomic mass is 10.00. The Labute approximate surface area is 402 Å². The summed E-state index contributed by atoms with van der Waals surface area (Å²) >= 11 is 0. The van der Waals surface area contributed by atoms with E-state index < -0.39 is 139 Å². The van der Waals surface area contributed by atoms with Gasteiger partial charge >= 0.3 is 5.97 Å². The van der Waals surface area contributed by atoms with Crippen LogP contribution >= 0.6 is 0 Å². The first-order chi connectivity index (χ1) is 32.5. The third-order valence-corrected chi connectivity index (χ3v) is 12.0. The molecule has 2 heterocycles. The van der Waals surface area contributed by atoms with Crippen LogP contribution < -0.4 is 43.4 Å². The molecule has 9 atom stereocenters. The van der Waals surface area contributed by atoms with Crippen molar-refractivity contribution in [2.75, 3.05) is 26.3 Å². The second-order valence-corrected chi connectivity index (χ2v) is 18.7. The van der Waals surface area contributed by atoms with Gasteiger partial charge in [-0.1, -0.05) is 71.9 Å². The first kappa shape index (κ1) is 57.1. The lowest BCUT2D eigenvalue weighted by Crippen LogP contribution is -2.61. The number of carboxylic acid groups (broad SMARTS) is 1. The van der Waals surface area contributed by atoms with Gasteiger partial charge in [-0.3, -0.25) is 43.2 Å². The predicted octanol–water partition coefficient (Wildman–Crippen LogP) is -2.86. The third-order valence-electron chi connectivity index (χ3n) is 12.0. The van der Waals surface area contributed by atoms with E-state index in [1.165, 1.54) is 9.80 Å². The van der Waals surface area contributed by atoms with E-state index in [-0.39, 0.29) is 57.5 Å². The topological polar surface area (TPSA) is 362 Å². The van der Waals surface area contributed by atoms with Gasteiger partial charge in [0.2, 0.25) is 53.2 Å². The van der Waals surface area contributed by atoms with Crippen LogP contribution in [0.15, 0.2) is 30.3 Å². The van der Waals surface area contributed by atoms with Crippen LogP contribution in [0.4, 0.5) is 0 Å². The maximum absolute atomic E-state index is 14.5. The Balaban J connectivity index is 1.81. The summed E-state index contributed by atoms with van der Waals surface area (Å²) in [4.78, 5) is 136. The molecule has 69 heavy (non-hydrogen) atoms. The minimum absolute atomic E-state index is 0.0359. The molecule has 2 fully saturated rings. The average molecular weight is 973 g/mol. The van der Waals surface area contributed by atoms with Gasteiger partial charge in [-0.15, -0.1) is 0 Å². The number of likely N-dealkylation sites (tertiary alicyclic amines) is 2. The molecule has 9 amide bonds. The summed E-state index contributed by atoms with van der Waals surface area (Å²) in [5.41, 5.74) is 11.7. The summed E-state index contributed by atoms with van der Waals surface area (Å²) in [5, 5.41) is 44.1. The monoisotopic (exact) mass is 973 g/mol. The van der Waals surface area contributed by atoms with E-state index in [9.17, 15) is 63.3 Å². The van der Waals surface area contributed by atoms with Gasteiger partial charge in [0.25, 0.3) is 0 Å². The molecule has 1 aromatic carbocycles. The van der Waals surface area contributed by atoms with Crippen molar-refractivity contribution >= 4 is 59.1 Å². The number of aliphatic hydroxyl groups is 2. The normalized spacial score (nSPS) is 18.8. The van der Waals surface area contributed by atoms with Crippen LogP contribution in [0.25, 0.3) is 0 Å². The SMILES string of the molecule is CC(C)C[C@H](NC(=O)[C@@H](N)CO)C(=O)N[C@@H](Cc1ccccc1)C(=O)N1CCC[C@H]1C(=O)N[C@H](C(=O)N1CCC[C@H]1C(=O)N[C@@H](CCC(N)=O)C(=O)N[C@@H](CO)C(=O)N[C@H](C(=O)O)C(C)C)C(C)C. The van der Waals surface area contributed by atoms with Crippen molar-refractivity contribution in [1.29, 1.82) is 0 Å². The Morgan fingerprint density at radius 1 is 0.623 bits per heavy atom. The number of nitrogens with two attached hydrogens (primary N) is 2. The van der Waals surface area contributed by atoms with Crippen LogP contribution in [0.5, 0.6) is 0 Å². The molecule has 0 unspecified atom stereocenters. The molecule has 23 heteroatoms. The molecule has 384 valence electrons. The van der Waals surface area contributed by atoms with Crippen LogP contribution in [0, 0.1) is 17.8 Å². The van der Waals surface area contributed by atoms with E-state index >= 15 is 0 Å². The van der Waals surface area contributed by atoms with Gasteiger partial charge in [0.1, 0.15) is 54.4 Å². The van der Waals surface area contributed by atoms with Crippen LogP contribution in [0.2, 0.25) is 0 Å². The van der Waals surface area contributed by atoms with Gasteiger partial charge in [-0.25, -0.2) is 4.79 Å². The molecule has 0 aliphatic carbocycles. The third kappa shape index (κ3) is 16.8. The highest BCUT2D eigenvalue weighted by Gasteiger charge is 2.43. The van der Waals surface area contributed by atoms with Crippen molar-refractivity contribution in [3.05, 3.63) is 35.9 Å². The van der Waals surface area contributed by atoms with E-state index in [4.69, 9.17) is 11.5 Å². The van der Waals surface area contributed by atoms with E-state index in [0.717, 1.165) is 0 Å². The Morgan fingerprint density at radius 3 is 1.64 bits per heavy atom. The molecule has 23 nitrogen and oxygen atoms in total. The average Bonchev–Trinajstić information content (AvgIpc) is 4.00. The van der Waals surface area contributed by atoms with Crippen molar-refractivity contribution in [2.45, 2.75) is 147 Å². The molecule has 0 bridgehead atoms. The number of nitrogens with zero attached hydrogens (tertiary/aromatic N) is 2. The highest BCUT2D eigenvalue weighted by molar-refractivity contribution is 5.98. The van der Waals surface area contributed by atoms with Gasteiger partial charge in [-0.05, 0) is 61.8 Å². The van der Waals surface area contributed by atoms with Crippen molar-refractivity contribution in [2.24, 2.45) is 29.2 Å². The number of hydrogen-bond acceptors (Lipinski definition) is 13. The zero-order valence-electron chi connectivity index (χ0n) is 40.3. The molecule has 3 rings (SSSR count). The highest BCUT2D eigenvalue weighted by Crippen LogP contribution is 2.24. The zero-order valence-corrected chi connectivity index (χ0v) is 40.3. The second-order valence-electron chi connectivity index (χ2n) is 18.7. The summed E-state index contributed by atoms with van der Waals surface area (Å²) in [6.07, 6.45) is 0.685. The molecule has 2 aliphatic heterocycles. The fourth-order valence-electron chi connectivity index (χ4n) is 8.19. The minimum Gasteiger partial charge on any atom is -0.480 e. The van der Waals surface area contributed by atoms with Gasteiger partial charge in [0.15, 0.2) is 0 Å². The number of aliphatic carboxylic acids is 1. The summed E-state index contributed by atoms with van der Waals surface area (Å²) in [6.45, 7) is 8.82. The van der Waals surface area contributed by atoms with Gasteiger partial charge in [0, 0.05) is 25.9 Å². The minimum atomic E-state index is -1.63. The maximum Gasteiger partial charge on any atom is 0.326 e. The Morgan fingerprint density at radius 2 is 1.13 bits per heavy atom. The summed E-state index contributed by atoms with van der Waals surface area (Å²) in [6, 6.07) is -2.54. The smallest absolute Gasteiger partial charge is 0.326 e. The number of nitrogens with one attached hydrogen (secondary N) is 6. The van der Waals surface area contributed by atoms with E-state index in [2.05, 4.69) is 31.9 Å². The van der Waals surface area contributed by atoms with Crippen molar-refractivity contribution in [3.8, 4) is 0 Å². The summed E-state index contributed by atoms with van der Waals surface area (Å²) in [7, 11) is 0. The predicted molar refractivity (Wildman–Crippen MR) is 249 cm³/mol. The zero-order chi connectivity index (χ0) is 51.7. The number of carbonyl (C=O) groups is 10. The number of benzene rings is 1. The molecule has 0 radical (unpaired) electrons. The highest BCUT2D eigenvalue weighted by atomic mass is 16.4. The number of amides is 9. The quantitative estimate of drug-likeness (QED) is 0.0445. The molecule has 2 aliphatic rings. The number of primary amides is 1. The lowest BCUT2D eigenvalue weighted by molar-refractivity contribution is -0.145. The molecule has 1 aromatic rings. The number of hydrogen-bond donors (Lipinski definition) is 11. The van der Waals surface area contributed by atoms with Gasteiger partial charge < -0.3 is 68.5 Å². The summed E-state index contributed by atoms with van der Waals surface area (Å²) < 4.78 is 0. The molecule has 0 spiro atoms. The van der Waals surface area contributed by atoms with Crippen molar-refractivity contribution in [3.63, 3.8) is 0 Å². The molecule has 0 aromatic heterocycles. The van der Waals surface area contributed by atoms with Gasteiger partial charge in [0.05, 0.1) is 13.2 Å². The number of carbonyl (C=O) groups excluding carboxylic acids is 9. The van der Waals surface area contributed by atoms with Crippen LogP contribution in [0.1, 0.15) is 92.1 Å². The fraction of sp³-hybridized carbons (Fsp3) is 0.652. The molecule has 13 N–H and O–H groups in total. The molecular formula is C46H72N10O13. The van der Waals surface area contributed by atoms with E-state index in [1.807, 2.05) is 13.8 Å². The van der Waals surface area contributed by atoms with Gasteiger partial charge in [-0.2, -0.15) is 0 Å². The second kappa shape index (κ2) is 27.1. The van der Waals surface area contributed by atoms with E-state index in [0.29, 0.717) is 18.4 Å². The van der Waals surface area contributed by atoms with Crippen molar-refractivity contribution < 1.29 is 63.3 Å². The number of aliphatic hydroxyl groups excluding tert-OH is 2.